The lowest BCUT2D eigenvalue weighted by atomic mass is 10.1. The Morgan fingerprint density at radius 2 is 2.25 bits per heavy atom. The zero-order valence-electron chi connectivity index (χ0n) is 9.21. The molecule has 2 nitrogen and oxygen atoms in total. The molecule has 1 aliphatic carbocycles. The first kappa shape index (κ1) is 11.2. The van der Waals surface area contributed by atoms with Gasteiger partial charge in [-0.2, -0.15) is 0 Å². The van der Waals surface area contributed by atoms with E-state index in [0.29, 0.717) is 6.54 Å². The third kappa shape index (κ3) is 2.45. The Morgan fingerprint density at radius 1 is 1.44 bits per heavy atom. The summed E-state index contributed by atoms with van der Waals surface area (Å²) in [5.74, 6) is 2.38. The second-order valence-electron chi connectivity index (χ2n) is 4.01. The van der Waals surface area contributed by atoms with Crippen molar-refractivity contribution in [3.05, 3.63) is 21.4 Å². The fourth-order valence-corrected chi connectivity index (χ4v) is 3.17. The number of rotatable bonds is 2. The Bertz CT molecular complexity index is 404. The summed E-state index contributed by atoms with van der Waals surface area (Å²) < 4.78 is 0. The molecule has 1 aliphatic rings. The van der Waals surface area contributed by atoms with Gasteiger partial charge in [0, 0.05) is 4.88 Å². The Morgan fingerprint density at radius 3 is 3.06 bits per heavy atom. The molecule has 0 unspecified atom stereocenters. The second-order valence-corrected chi connectivity index (χ2v) is 5.14. The third-order valence-electron chi connectivity index (χ3n) is 2.82. The molecule has 0 aromatic carbocycles. The lowest BCUT2D eigenvalue weighted by Crippen LogP contribution is -2.22. The number of amides is 1. The number of hydrogen-bond donors (Lipinski definition) is 1. The molecule has 16 heavy (non-hydrogen) atoms. The van der Waals surface area contributed by atoms with Crippen LogP contribution in [-0.4, -0.2) is 12.5 Å². The molecule has 1 heterocycles. The minimum absolute atomic E-state index is 0.0315. The average molecular weight is 233 g/mol. The van der Waals surface area contributed by atoms with Gasteiger partial charge < -0.3 is 5.32 Å². The van der Waals surface area contributed by atoms with Gasteiger partial charge in [-0.3, -0.25) is 4.79 Å². The summed E-state index contributed by atoms with van der Waals surface area (Å²) in [5, 5.41) is 2.71. The van der Waals surface area contributed by atoms with Crippen LogP contribution in [0.4, 0.5) is 0 Å². The van der Waals surface area contributed by atoms with Gasteiger partial charge in [0.1, 0.15) is 0 Å². The SMILES string of the molecule is C#CCNC(=O)c1cc2c(s1)CCCCC2. The van der Waals surface area contributed by atoms with Crippen LogP contribution in [0.2, 0.25) is 0 Å². The largest absolute Gasteiger partial charge is 0.340 e. The normalized spacial score (nSPS) is 14.7. The van der Waals surface area contributed by atoms with Crippen LogP contribution in [0.15, 0.2) is 6.07 Å². The third-order valence-corrected chi connectivity index (χ3v) is 4.06. The monoisotopic (exact) mass is 233 g/mol. The number of terminal acetylenes is 1. The molecule has 0 bridgehead atoms. The fraction of sp³-hybridized carbons (Fsp3) is 0.462. The molecule has 3 heteroatoms. The highest BCUT2D eigenvalue weighted by molar-refractivity contribution is 7.14. The van der Waals surface area contributed by atoms with Crippen molar-refractivity contribution in [1.29, 1.82) is 0 Å². The summed E-state index contributed by atoms with van der Waals surface area (Å²) in [6.45, 7) is 0.307. The zero-order valence-corrected chi connectivity index (χ0v) is 10.0. The van der Waals surface area contributed by atoms with Crippen LogP contribution < -0.4 is 5.32 Å². The van der Waals surface area contributed by atoms with Crippen LogP contribution in [0.5, 0.6) is 0 Å². The highest BCUT2D eigenvalue weighted by Crippen LogP contribution is 2.28. The molecule has 0 aliphatic heterocycles. The van der Waals surface area contributed by atoms with Crippen LogP contribution in [0, 0.1) is 12.3 Å². The molecular weight excluding hydrogens is 218 g/mol. The van der Waals surface area contributed by atoms with E-state index in [1.54, 1.807) is 11.3 Å². The Labute approximate surface area is 100 Å². The maximum atomic E-state index is 11.7. The van der Waals surface area contributed by atoms with Crippen LogP contribution in [0.25, 0.3) is 0 Å². The van der Waals surface area contributed by atoms with E-state index < -0.39 is 0 Å². The van der Waals surface area contributed by atoms with E-state index in [0.717, 1.165) is 17.7 Å². The van der Waals surface area contributed by atoms with Gasteiger partial charge in [-0.25, -0.2) is 0 Å². The quantitative estimate of drug-likeness (QED) is 0.616. The summed E-state index contributed by atoms with van der Waals surface area (Å²) >= 11 is 1.63. The van der Waals surface area contributed by atoms with Gasteiger partial charge in [0.2, 0.25) is 0 Å². The lowest BCUT2D eigenvalue weighted by Gasteiger charge is -1.97. The molecule has 0 spiro atoms. The van der Waals surface area contributed by atoms with Crippen molar-refractivity contribution < 1.29 is 4.79 Å². The van der Waals surface area contributed by atoms with E-state index in [1.165, 1.54) is 29.7 Å². The second kappa shape index (κ2) is 5.18. The summed E-state index contributed by atoms with van der Waals surface area (Å²) in [4.78, 5) is 13.9. The number of thiophene rings is 1. The Kier molecular flexibility index (Phi) is 3.63. The van der Waals surface area contributed by atoms with Crippen LogP contribution in [0.3, 0.4) is 0 Å². The van der Waals surface area contributed by atoms with Gasteiger partial charge >= 0.3 is 0 Å². The van der Waals surface area contributed by atoms with E-state index in [4.69, 9.17) is 6.42 Å². The minimum atomic E-state index is -0.0315. The molecule has 84 valence electrons. The molecular formula is C13H15NOS. The minimum Gasteiger partial charge on any atom is -0.340 e. The molecule has 0 fully saturated rings. The van der Waals surface area contributed by atoms with E-state index >= 15 is 0 Å². The number of aryl methyl sites for hydroxylation is 2. The van der Waals surface area contributed by atoms with Crippen molar-refractivity contribution in [2.45, 2.75) is 32.1 Å². The Balaban J connectivity index is 2.12. The number of carbonyl (C=O) groups is 1. The molecule has 1 N–H and O–H groups in total. The van der Waals surface area contributed by atoms with E-state index in [-0.39, 0.29) is 5.91 Å². The molecule has 1 amide bonds. The van der Waals surface area contributed by atoms with Crippen molar-refractivity contribution in [3.8, 4) is 12.3 Å². The summed E-state index contributed by atoms with van der Waals surface area (Å²) in [6.07, 6.45) is 11.2. The zero-order chi connectivity index (χ0) is 11.4. The van der Waals surface area contributed by atoms with Gasteiger partial charge in [-0.1, -0.05) is 12.3 Å². The van der Waals surface area contributed by atoms with Crippen molar-refractivity contribution in [1.82, 2.24) is 5.32 Å². The number of fused-ring (bicyclic) bond motifs is 1. The Hall–Kier alpha value is -1.27. The topological polar surface area (TPSA) is 29.1 Å². The van der Waals surface area contributed by atoms with Gasteiger partial charge in [0.05, 0.1) is 11.4 Å². The summed E-state index contributed by atoms with van der Waals surface area (Å²) in [6, 6.07) is 2.04. The lowest BCUT2D eigenvalue weighted by molar-refractivity contribution is 0.0962. The van der Waals surface area contributed by atoms with Crippen LogP contribution in [-0.2, 0) is 12.8 Å². The maximum absolute atomic E-state index is 11.7. The van der Waals surface area contributed by atoms with Crippen molar-refractivity contribution in [2.24, 2.45) is 0 Å². The molecule has 2 rings (SSSR count). The smallest absolute Gasteiger partial charge is 0.262 e. The molecule has 0 saturated heterocycles. The first-order valence-corrected chi connectivity index (χ1v) is 6.46. The summed E-state index contributed by atoms with van der Waals surface area (Å²) in [5.41, 5.74) is 1.37. The predicted molar refractivity (Wildman–Crippen MR) is 66.7 cm³/mol. The van der Waals surface area contributed by atoms with Crippen LogP contribution >= 0.6 is 11.3 Å². The van der Waals surface area contributed by atoms with Gasteiger partial charge in [0.25, 0.3) is 5.91 Å². The molecule has 1 aromatic heterocycles. The molecule has 0 saturated carbocycles. The maximum Gasteiger partial charge on any atom is 0.262 e. The number of carbonyl (C=O) groups excluding carboxylic acids is 1. The highest BCUT2D eigenvalue weighted by atomic mass is 32.1. The van der Waals surface area contributed by atoms with E-state index in [1.807, 2.05) is 6.07 Å². The first-order chi connectivity index (χ1) is 7.81. The fourth-order valence-electron chi connectivity index (χ4n) is 2.00. The van der Waals surface area contributed by atoms with Crippen molar-refractivity contribution in [2.75, 3.05) is 6.54 Å². The first-order valence-electron chi connectivity index (χ1n) is 5.64. The molecule has 0 radical (unpaired) electrons. The average Bonchev–Trinajstić information content (AvgIpc) is 2.58. The summed E-state index contributed by atoms with van der Waals surface area (Å²) in [7, 11) is 0. The highest BCUT2D eigenvalue weighted by Gasteiger charge is 2.15. The van der Waals surface area contributed by atoms with Crippen LogP contribution in [0.1, 0.15) is 39.4 Å². The van der Waals surface area contributed by atoms with Crippen molar-refractivity contribution >= 4 is 17.2 Å². The van der Waals surface area contributed by atoms with Gasteiger partial charge in [-0.05, 0) is 37.3 Å². The van der Waals surface area contributed by atoms with E-state index in [9.17, 15) is 4.79 Å². The van der Waals surface area contributed by atoms with Gasteiger partial charge in [-0.15, -0.1) is 17.8 Å². The van der Waals surface area contributed by atoms with Crippen molar-refractivity contribution in [3.63, 3.8) is 0 Å². The molecule has 0 atom stereocenters. The van der Waals surface area contributed by atoms with E-state index in [2.05, 4.69) is 11.2 Å². The predicted octanol–water partition coefficient (Wildman–Crippen LogP) is 2.38. The standard InChI is InChI=1S/C13H15NOS/c1-2-8-14-13(15)12-9-10-6-4-3-5-7-11(10)16-12/h1,9H,3-8H2,(H,14,15). The number of nitrogens with one attached hydrogen (secondary N) is 1. The van der Waals surface area contributed by atoms with Gasteiger partial charge in [0.15, 0.2) is 0 Å². The molecule has 1 aromatic rings. The number of hydrogen-bond acceptors (Lipinski definition) is 2.